The second-order valence-corrected chi connectivity index (χ2v) is 6.63. The first-order valence-corrected chi connectivity index (χ1v) is 7.41. The van der Waals surface area contributed by atoms with Gasteiger partial charge in [-0.15, -0.1) is 0 Å². The van der Waals surface area contributed by atoms with Gasteiger partial charge in [-0.25, -0.2) is 4.68 Å². The molecule has 0 saturated carbocycles. The zero-order chi connectivity index (χ0) is 14.4. The van der Waals surface area contributed by atoms with Crippen LogP contribution in [0.2, 0.25) is 0 Å². The van der Waals surface area contributed by atoms with Crippen molar-refractivity contribution in [3.05, 3.63) is 12.3 Å². The molecule has 6 heteroatoms. The fourth-order valence-electron chi connectivity index (χ4n) is 2.53. The minimum Gasteiger partial charge on any atom is -0.398 e. The molecule has 0 bridgehead atoms. The summed E-state index contributed by atoms with van der Waals surface area (Å²) in [6.07, 6.45) is 5.36. The van der Waals surface area contributed by atoms with Gasteiger partial charge in [-0.1, -0.05) is 0 Å². The van der Waals surface area contributed by atoms with E-state index in [-0.39, 0.29) is 17.4 Å². The molecule has 2 saturated heterocycles. The van der Waals surface area contributed by atoms with Gasteiger partial charge in [0.05, 0.1) is 16.8 Å². The van der Waals surface area contributed by atoms with Crippen LogP contribution in [0.25, 0.3) is 0 Å². The maximum Gasteiger partial charge on any atom is 0.516 e. The lowest BCUT2D eigenvalue weighted by molar-refractivity contribution is -0.0393. The SMILES string of the molecule is CC1(C)OB(c2ccn([C@H]3CCCCO3)n2)OC1(C)C. The fourth-order valence-corrected chi connectivity index (χ4v) is 2.53. The van der Waals surface area contributed by atoms with Crippen molar-refractivity contribution in [3.63, 3.8) is 0 Å². The number of nitrogens with zero attached hydrogens (tertiary/aromatic N) is 2. The standard InChI is InChI=1S/C14H23BN2O3/c1-13(2)14(3,4)20-15(19-13)11-8-9-17(16-11)12-7-5-6-10-18-12/h8-9,12H,5-7,10H2,1-4H3/t12-/m1/s1. The van der Waals surface area contributed by atoms with E-state index in [0.29, 0.717) is 0 Å². The molecule has 1 atom stereocenters. The summed E-state index contributed by atoms with van der Waals surface area (Å²) in [6.45, 7) is 9.02. The molecule has 0 aliphatic carbocycles. The summed E-state index contributed by atoms with van der Waals surface area (Å²) in [5.74, 6) is 0. The lowest BCUT2D eigenvalue weighted by Gasteiger charge is -2.32. The van der Waals surface area contributed by atoms with Crippen LogP contribution < -0.4 is 5.59 Å². The highest BCUT2D eigenvalue weighted by atomic mass is 16.7. The Morgan fingerprint density at radius 3 is 2.50 bits per heavy atom. The predicted molar refractivity (Wildman–Crippen MR) is 76.8 cm³/mol. The molecule has 2 aliphatic rings. The van der Waals surface area contributed by atoms with E-state index in [4.69, 9.17) is 14.0 Å². The highest BCUT2D eigenvalue weighted by molar-refractivity contribution is 6.61. The van der Waals surface area contributed by atoms with E-state index in [1.165, 1.54) is 6.42 Å². The zero-order valence-corrected chi connectivity index (χ0v) is 12.8. The van der Waals surface area contributed by atoms with E-state index >= 15 is 0 Å². The van der Waals surface area contributed by atoms with Crippen LogP contribution in [0, 0.1) is 0 Å². The maximum atomic E-state index is 6.01. The molecule has 5 nitrogen and oxygen atoms in total. The molecule has 0 spiro atoms. The van der Waals surface area contributed by atoms with Crippen molar-refractivity contribution in [1.82, 2.24) is 9.78 Å². The number of hydrogen-bond acceptors (Lipinski definition) is 4. The average Bonchev–Trinajstić information content (AvgIpc) is 2.94. The summed E-state index contributed by atoms with van der Waals surface area (Å²) < 4.78 is 19.7. The van der Waals surface area contributed by atoms with Crippen molar-refractivity contribution in [2.24, 2.45) is 0 Å². The molecule has 0 amide bonds. The molecule has 0 radical (unpaired) electrons. The second kappa shape index (κ2) is 4.86. The Labute approximate surface area is 120 Å². The van der Waals surface area contributed by atoms with Gasteiger partial charge in [0.1, 0.15) is 6.23 Å². The van der Waals surface area contributed by atoms with Crippen LogP contribution in [0.1, 0.15) is 53.2 Å². The number of hydrogen-bond donors (Lipinski definition) is 0. The van der Waals surface area contributed by atoms with E-state index < -0.39 is 7.12 Å². The quantitative estimate of drug-likeness (QED) is 0.775. The van der Waals surface area contributed by atoms with Crippen molar-refractivity contribution in [3.8, 4) is 0 Å². The van der Waals surface area contributed by atoms with Crippen LogP contribution in [-0.4, -0.2) is 34.7 Å². The third kappa shape index (κ3) is 2.40. The normalized spacial score (nSPS) is 28.8. The molecule has 0 N–H and O–H groups in total. The largest absolute Gasteiger partial charge is 0.516 e. The molecule has 3 rings (SSSR count). The first-order chi connectivity index (χ1) is 9.39. The van der Waals surface area contributed by atoms with Gasteiger partial charge in [-0.2, -0.15) is 5.10 Å². The molecule has 110 valence electrons. The average molecular weight is 278 g/mol. The minimum atomic E-state index is -0.398. The van der Waals surface area contributed by atoms with Gasteiger partial charge in [0, 0.05) is 12.8 Å². The Morgan fingerprint density at radius 2 is 1.90 bits per heavy atom. The van der Waals surface area contributed by atoms with Crippen molar-refractivity contribution in [1.29, 1.82) is 0 Å². The highest BCUT2D eigenvalue weighted by Crippen LogP contribution is 2.36. The van der Waals surface area contributed by atoms with Gasteiger partial charge in [0.15, 0.2) is 0 Å². The Bertz CT molecular complexity index is 465. The van der Waals surface area contributed by atoms with Crippen LogP contribution in [0.5, 0.6) is 0 Å². The Morgan fingerprint density at radius 1 is 1.20 bits per heavy atom. The summed E-state index contributed by atoms with van der Waals surface area (Å²) >= 11 is 0. The topological polar surface area (TPSA) is 45.5 Å². The third-order valence-electron chi connectivity index (χ3n) is 4.57. The lowest BCUT2D eigenvalue weighted by atomic mass is 9.85. The summed E-state index contributed by atoms with van der Waals surface area (Å²) in [5.41, 5.74) is 0.156. The van der Waals surface area contributed by atoms with Crippen LogP contribution >= 0.6 is 0 Å². The van der Waals surface area contributed by atoms with Gasteiger partial charge in [-0.05, 0) is 53.0 Å². The Balaban J connectivity index is 1.74. The van der Waals surface area contributed by atoms with Gasteiger partial charge >= 0.3 is 7.12 Å². The van der Waals surface area contributed by atoms with E-state index in [2.05, 4.69) is 5.10 Å². The smallest absolute Gasteiger partial charge is 0.398 e. The van der Waals surface area contributed by atoms with E-state index in [0.717, 1.165) is 25.0 Å². The van der Waals surface area contributed by atoms with Gasteiger partial charge in [0.25, 0.3) is 0 Å². The molecule has 0 aromatic carbocycles. The molecular formula is C14H23BN2O3. The molecule has 3 heterocycles. The van der Waals surface area contributed by atoms with Crippen molar-refractivity contribution in [2.75, 3.05) is 6.61 Å². The van der Waals surface area contributed by atoms with E-state index in [1.54, 1.807) is 0 Å². The first-order valence-electron chi connectivity index (χ1n) is 7.41. The highest BCUT2D eigenvalue weighted by Gasteiger charge is 2.52. The van der Waals surface area contributed by atoms with E-state index in [9.17, 15) is 0 Å². The van der Waals surface area contributed by atoms with E-state index in [1.807, 2.05) is 44.6 Å². The Hall–Kier alpha value is -0.845. The molecular weight excluding hydrogens is 255 g/mol. The van der Waals surface area contributed by atoms with Gasteiger partial charge in [-0.3, -0.25) is 0 Å². The molecule has 1 aromatic heterocycles. The number of aromatic nitrogens is 2. The monoisotopic (exact) mass is 278 g/mol. The van der Waals surface area contributed by atoms with Gasteiger partial charge < -0.3 is 14.0 Å². The first kappa shape index (κ1) is 14.1. The Kier molecular flexibility index (Phi) is 3.43. The van der Waals surface area contributed by atoms with Crippen molar-refractivity contribution < 1.29 is 14.0 Å². The summed E-state index contributed by atoms with van der Waals surface area (Å²) in [5, 5.41) is 4.59. The van der Waals surface area contributed by atoms with Crippen molar-refractivity contribution in [2.45, 2.75) is 64.4 Å². The number of rotatable bonds is 2. The summed E-state index contributed by atoms with van der Waals surface area (Å²) in [6, 6.07) is 1.96. The van der Waals surface area contributed by atoms with Crippen LogP contribution in [0.15, 0.2) is 12.3 Å². The van der Waals surface area contributed by atoms with Crippen LogP contribution in [-0.2, 0) is 14.0 Å². The molecule has 1 aromatic rings. The number of ether oxygens (including phenoxy) is 1. The van der Waals surface area contributed by atoms with Crippen LogP contribution in [0.3, 0.4) is 0 Å². The molecule has 0 unspecified atom stereocenters. The molecule has 2 fully saturated rings. The van der Waals surface area contributed by atoms with Gasteiger partial charge in [0.2, 0.25) is 0 Å². The fraction of sp³-hybridized carbons (Fsp3) is 0.786. The zero-order valence-electron chi connectivity index (χ0n) is 12.8. The summed E-state index contributed by atoms with van der Waals surface area (Å²) in [7, 11) is -0.398. The summed E-state index contributed by atoms with van der Waals surface area (Å²) in [4.78, 5) is 0. The maximum absolute atomic E-state index is 6.01. The predicted octanol–water partition coefficient (Wildman–Crippen LogP) is 1.88. The minimum absolute atomic E-state index is 0.0555. The third-order valence-corrected chi connectivity index (χ3v) is 4.57. The molecule has 2 aliphatic heterocycles. The second-order valence-electron chi connectivity index (χ2n) is 6.63. The van der Waals surface area contributed by atoms with Crippen molar-refractivity contribution >= 4 is 12.7 Å². The van der Waals surface area contributed by atoms with Crippen LogP contribution in [0.4, 0.5) is 0 Å². The molecule has 20 heavy (non-hydrogen) atoms. The lowest BCUT2D eigenvalue weighted by Crippen LogP contribution is -2.41.